The molecule has 0 radical (unpaired) electrons. The molecule has 1 N–H and O–H groups in total. The molecule has 28 heavy (non-hydrogen) atoms. The van der Waals surface area contributed by atoms with Crippen LogP contribution in [-0.4, -0.2) is 56.5 Å². The number of carbonyl (C=O) groups is 2. The van der Waals surface area contributed by atoms with Gasteiger partial charge in [-0.15, -0.1) is 12.4 Å². The van der Waals surface area contributed by atoms with Gasteiger partial charge in [0.2, 0.25) is 11.8 Å². The second kappa shape index (κ2) is 10.7. The van der Waals surface area contributed by atoms with Gasteiger partial charge in [-0.3, -0.25) is 9.59 Å². The highest BCUT2D eigenvalue weighted by Crippen LogP contribution is 2.34. The lowest BCUT2D eigenvalue weighted by Gasteiger charge is -2.33. The Labute approximate surface area is 174 Å². The summed E-state index contributed by atoms with van der Waals surface area (Å²) < 4.78 is 5.66. The van der Waals surface area contributed by atoms with Crippen LogP contribution in [0.15, 0.2) is 24.3 Å². The summed E-state index contributed by atoms with van der Waals surface area (Å²) in [6.45, 7) is 5.57. The third kappa shape index (κ3) is 5.17. The van der Waals surface area contributed by atoms with E-state index in [1.165, 1.54) is 6.42 Å². The number of anilines is 1. The SMILES string of the molecule is CCOc1ccccc1N1CC(C(=O)N2CCC(CCNC)CC2)CC1=O.Cl. The molecule has 1 unspecified atom stereocenters. The summed E-state index contributed by atoms with van der Waals surface area (Å²) in [7, 11) is 1.98. The first-order valence-electron chi connectivity index (χ1n) is 10.1. The molecule has 156 valence electrons. The number of para-hydroxylation sites is 2. The maximum absolute atomic E-state index is 13.0. The van der Waals surface area contributed by atoms with Crippen molar-refractivity contribution in [3.8, 4) is 5.75 Å². The number of piperidine rings is 1. The van der Waals surface area contributed by atoms with Crippen LogP contribution in [0.4, 0.5) is 5.69 Å². The van der Waals surface area contributed by atoms with Crippen molar-refractivity contribution in [2.45, 2.75) is 32.6 Å². The Morgan fingerprint density at radius 1 is 1.25 bits per heavy atom. The Bertz CT molecular complexity index is 662. The molecule has 2 aliphatic rings. The van der Waals surface area contributed by atoms with E-state index in [0.29, 0.717) is 31.2 Å². The Balaban J connectivity index is 0.00000280. The van der Waals surface area contributed by atoms with Gasteiger partial charge in [0.1, 0.15) is 5.75 Å². The molecular formula is C21H32ClN3O3. The smallest absolute Gasteiger partial charge is 0.228 e. The van der Waals surface area contributed by atoms with Gasteiger partial charge in [-0.1, -0.05) is 12.1 Å². The number of nitrogens with zero attached hydrogens (tertiary/aromatic N) is 2. The molecule has 3 rings (SSSR count). The zero-order valence-electron chi connectivity index (χ0n) is 16.9. The molecule has 2 amide bonds. The van der Waals surface area contributed by atoms with Crippen LogP contribution in [0, 0.1) is 11.8 Å². The highest BCUT2D eigenvalue weighted by atomic mass is 35.5. The molecule has 2 heterocycles. The minimum Gasteiger partial charge on any atom is -0.492 e. The normalized spacial score (nSPS) is 20.2. The fourth-order valence-electron chi connectivity index (χ4n) is 4.11. The van der Waals surface area contributed by atoms with E-state index in [1.54, 1.807) is 4.90 Å². The number of ether oxygens (including phenoxy) is 1. The molecule has 1 atom stereocenters. The molecule has 0 aliphatic carbocycles. The maximum atomic E-state index is 13.0. The standard InChI is InChI=1S/C21H31N3O3.ClH/c1-3-27-19-7-5-4-6-18(19)24-15-17(14-20(24)25)21(26)23-12-9-16(10-13-23)8-11-22-2;/h4-7,16-17,22H,3,8-15H2,1-2H3;1H. The lowest BCUT2D eigenvalue weighted by molar-refractivity contribution is -0.137. The molecule has 7 heteroatoms. The van der Waals surface area contributed by atoms with E-state index in [4.69, 9.17) is 4.74 Å². The summed E-state index contributed by atoms with van der Waals surface area (Å²) in [5.74, 6) is 1.28. The van der Waals surface area contributed by atoms with Gasteiger partial charge in [-0.25, -0.2) is 0 Å². The van der Waals surface area contributed by atoms with Gasteiger partial charge in [0.25, 0.3) is 0 Å². The van der Waals surface area contributed by atoms with Gasteiger partial charge in [0.05, 0.1) is 18.2 Å². The fourth-order valence-corrected chi connectivity index (χ4v) is 4.11. The molecule has 1 aromatic rings. The van der Waals surface area contributed by atoms with Gasteiger partial charge in [0, 0.05) is 26.1 Å². The van der Waals surface area contributed by atoms with E-state index in [-0.39, 0.29) is 30.1 Å². The first kappa shape index (κ1) is 22.5. The Hall–Kier alpha value is -1.79. The maximum Gasteiger partial charge on any atom is 0.228 e. The van der Waals surface area contributed by atoms with Crippen molar-refractivity contribution >= 4 is 29.9 Å². The van der Waals surface area contributed by atoms with Crippen molar-refractivity contribution < 1.29 is 14.3 Å². The Morgan fingerprint density at radius 2 is 1.96 bits per heavy atom. The van der Waals surface area contributed by atoms with Crippen LogP contribution in [0.1, 0.15) is 32.6 Å². The summed E-state index contributed by atoms with van der Waals surface area (Å²) in [4.78, 5) is 29.2. The minimum atomic E-state index is -0.249. The first-order valence-corrected chi connectivity index (χ1v) is 10.1. The topological polar surface area (TPSA) is 61.9 Å². The van der Waals surface area contributed by atoms with Crippen molar-refractivity contribution in [1.29, 1.82) is 0 Å². The van der Waals surface area contributed by atoms with Crippen molar-refractivity contribution in [3.05, 3.63) is 24.3 Å². The van der Waals surface area contributed by atoms with Crippen LogP contribution >= 0.6 is 12.4 Å². The molecule has 0 bridgehead atoms. The highest BCUT2D eigenvalue weighted by molar-refractivity contribution is 6.01. The summed E-state index contributed by atoms with van der Waals surface area (Å²) in [5, 5.41) is 3.20. The van der Waals surface area contributed by atoms with Crippen molar-refractivity contribution in [2.75, 3.05) is 44.7 Å². The summed E-state index contributed by atoms with van der Waals surface area (Å²) in [6, 6.07) is 7.56. The number of carbonyl (C=O) groups excluding carboxylic acids is 2. The number of amides is 2. The molecule has 0 aromatic heterocycles. The molecule has 2 aliphatic heterocycles. The summed E-state index contributed by atoms with van der Waals surface area (Å²) in [6.07, 6.45) is 3.58. The zero-order valence-corrected chi connectivity index (χ0v) is 17.7. The lowest BCUT2D eigenvalue weighted by atomic mass is 9.92. The molecule has 0 spiro atoms. The van der Waals surface area contributed by atoms with E-state index in [9.17, 15) is 9.59 Å². The molecule has 1 aromatic carbocycles. The second-order valence-electron chi connectivity index (χ2n) is 7.47. The highest BCUT2D eigenvalue weighted by Gasteiger charge is 2.38. The largest absolute Gasteiger partial charge is 0.492 e. The fraction of sp³-hybridized carbons (Fsp3) is 0.619. The number of hydrogen-bond donors (Lipinski definition) is 1. The average Bonchev–Trinajstić information content (AvgIpc) is 3.08. The van der Waals surface area contributed by atoms with E-state index < -0.39 is 0 Å². The minimum absolute atomic E-state index is 0. The van der Waals surface area contributed by atoms with Crippen LogP contribution in [-0.2, 0) is 9.59 Å². The number of rotatable bonds is 7. The third-order valence-corrected chi connectivity index (χ3v) is 5.66. The quantitative estimate of drug-likeness (QED) is 0.752. The van der Waals surface area contributed by atoms with Crippen molar-refractivity contribution in [2.24, 2.45) is 11.8 Å². The van der Waals surface area contributed by atoms with E-state index in [0.717, 1.165) is 38.2 Å². The van der Waals surface area contributed by atoms with Crippen LogP contribution < -0.4 is 15.0 Å². The predicted octanol–water partition coefficient (Wildman–Crippen LogP) is 2.71. The number of nitrogens with one attached hydrogen (secondary N) is 1. The van der Waals surface area contributed by atoms with Crippen LogP contribution in [0.3, 0.4) is 0 Å². The van der Waals surface area contributed by atoms with Crippen molar-refractivity contribution in [1.82, 2.24) is 10.2 Å². The van der Waals surface area contributed by atoms with Crippen molar-refractivity contribution in [3.63, 3.8) is 0 Å². The Kier molecular flexibility index (Phi) is 8.58. The van der Waals surface area contributed by atoms with E-state index in [1.807, 2.05) is 43.1 Å². The number of halogens is 1. The second-order valence-corrected chi connectivity index (χ2v) is 7.47. The van der Waals surface area contributed by atoms with Gasteiger partial charge >= 0.3 is 0 Å². The molecule has 6 nitrogen and oxygen atoms in total. The lowest BCUT2D eigenvalue weighted by Crippen LogP contribution is -2.42. The summed E-state index contributed by atoms with van der Waals surface area (Å²) >= 11 is 0. The van der Waals surface area contributed by atoms with E-state index in [2.05, 4.69) is 5.32 Å². The van der Waals surface area contributed by atoms with Crippen LogP contribution in [0.2, 0.25) is 0 Å². The molecular weight excluding hydrogens is 378 g/mol. The average molecular weight is 410 g/mol. The summed E-state index contributed by atoms with van der Waals surface area (Å²) in [5.41, 5.74) is 0.769. The van der Waals surface area contributed by atoms with Crippen LogP contribution in [0.25, 0.3) is 0 Å². The Morgan fingerprint density at radius 3 is 2.64 bits per heavy atom. The number of hydrogen-bond acceptors (Lipinski definition) is 4. The molecule has 2 saturated heterocycles. The van der Waals surface area contributed by atoms with Gasteiger partial charge in [-0.05, 0) is 57.8 Å². The van der Waals surface area contributed by atoms with Crippen LogP contribution in [0.5, 0.6) is 5.75 Å². The molecule has 2 fully saturated rings. The monoisotopic (exact) mass is 409 g/mol. The number of benzene rings is 1. The van der Waals surface area contributed by atoms with Gasteiger partial charge in [0.15, 0.2) is 0 Å². The van der Waals surface area contributed by atoms with Gasteiger partial charge < -0.3 is 19.9 Å². The third-order valence-electron chi connectivity index (χ3n) is 5.66. The zero-order chi connectivity index (χ0) is 19.2. The van der Waals surface area contributed by atoms with Gasteiger partial charge in [-0.2, -0.15) is 0 Å². The van der Waals surface area contributed by atoms with E-state index >= 15 is 0 Å². The number of likely N-dealkylation sites (tertiary alicyclic amines) is 1. The predicted molar refractivity (Wildman–Crippen MR) is 113 cm³/mol. The first-order chi connectivity index (χ1) is 13.1. The molecule has 0 saturated carbocycles.